The monoisotopic (exact) mass is 455 g/mol. The van der Waals surface area contributed by atoms with Crippen LogP contribution in [-0.2, 0) is 29.5 Å². The zero-order chi connectivity index (χ0) is 22.7. The topological polar surface area (TPSA) is 136 Å². The number of rotatable bonds is 7. The number of imidazole rings is 1. The number of para-hydroxylation sites is 1. The summed E-state index contributed by atoms with van der Waals surface area (Å²) >= 11 is 0. The van der Waals surface area contributed by atoms with E-state index in [4.69, 9.17) is 0 Å². The zero-order valence-corrected chi connectivity index (χ0v) is 17.8. The first kappa shape index (κ1) is 21.5. The molecule has 0 aliphatic carbocycles. The van der Waals surface area contributed by atoms with Gasteiger partial charge in [-0.3, -0.25) is 19.6 Å². The minimum atomic E-state index is -4.14. The van der Waals surface area contributed by atoms with E-state index in [0.717, 1.165) is 43.4 Å². The van der Waals surface area contributed by atoms with Crippen molar-refractivity contribution in [2.45, 2.75) is 37.2 Å². The molecule has 0 atom stereocenters. The van der Waals surface area contributed by atoms with E-state index >= 15 is 0 Å². The van der Waals surface area contributed by atoms with Gasteiger partial charge in [-0.15, -0.1) is 0 Å². The number of carbonyl (C=O) groups is 1. The second-order valence-corrected chi connectivity index (χ2v) is 9.07. The number of aryl methyl sites for hydroxylation is 2. The standard InChI is InChI=1S/C21H21N5O5S/c27-21(22-13-15-14-25-11-4-3-10-20(25)23-15)18-8-1-2-9-19(18)24-32(30,31)17-7-5-6-16(12-17)26(28)29/h1-2,5-9,12,14,24H,3-4,10-11,13H2,(H,22,27). The highest BCUT2D eigenvalue weighted by Crippen LogP contribution is 2.23. The van der Waals surface area contributed by atoms with Crippen molar-refractivity contribution in [3.05, 3.63) is 81.9 Å². The Morgan fingerprint density at radius 2 is 1.97 bits per heavy atom. The maximum Gasteiger partial charge on any atom is 0.270 e. The molecule has 2 aromatic carbocycles. The number of carbonyl (C=O) groups excluding carboxylic acids is 1. The second-order valence-electron chi connectivity index (χ2n) is 7.39. The number of hydrogen-bond donors (Lipinski definition) is 2. The Balaban J connectivity index is 1.51. The molecule has 11 heteroatoms. The van der Waals surface area contributed by atoms with E-state index in [1.54, 1.807) is 12.1 Å². The first-order valence-corrected chi connectivity index (χ1v) is 11.5. The number of anilines is 1. The van der Waals surface area contributed by atoms with Crippen LogP contribution in [-0.4, -0.2) is 28.8 Å². The summed E-state index contributed by atoms with van der Waals surface area (Å²) in [6, 6.07) is 10.9. The largest absolute Gasteiger partial charge is 0.346 e. The predicted molar refractivity (Wildman–Crippen MR) is 117 cm³/mol. The van der Waals surface area contributed by atoms with Gasteiger partial charge in [0.05, 0.1) is 33.3 Å². The van der Waals surface area contributed by atoms with Gasteiger partial charge in [-0.05, 0) is 31.0 Å². The highest BCUT2D eigenvalue weighted by molar-refractivity contribution is 7.92. The van der Waals surface area contributed by atoms with E-state index in [1.165, 1.54) is 30.3 Å². The fraction of sp³-hybridized carbons (Fsp3) is 0.238. The number of nitro groups is 1. The molecular weight excluding hydrogens is 434 g/mol. The van der Waals surface area contributed by atoms with E-state index in [2.05, 4.69) is 19.6 Å². The molecule has 1 aliphatic rings. The van der Waals surface area contributed by atoms with Gasteiger partial charge in [0.15, 0.2) is 0 Å². The Morgan fingerprint density at radius 1 is 1.16 bits per heavy atom. The SMILES string of the molecule is O=C(NCc1cn2c(n1)CCCC2)c1ccccc1NS(=O)(=O)c1cccc([N+](=O)[O-])c1. The highest BCUT2D eigenvalue weighted by Gasteiger charge is 2.21. The van der Waals surface area contributed by atoms with E-state index in [9.17, 15) is 23.3 Å². The molecule has 1 aromatic heterocycles. The summed E-state index contributed by atoms with van der Waals surface area (Å²) in [5.74, 6) is 0.541. The summed E-state index contributed by atoms with van der Waals surface area (Å²) in [6.45, 7) is 1.13. The molecule has 0 saturated carbocycles. The number of sulfonamides is 1. The number of fused-ring (bicyclic) bond motifs is 1. The van der Waals surface area contributed by atoms with Crippen LogP contribution in [0, 0.1) is 10.1 Å². The molecule has 4 rings (SSSR count). The molecule has 32 heavy (non-hydrogen) atoms. The van der Waals surface area contributed by atoms with Crippen molar-refractivity contribution >= 4 is 27.3 Å². The lowest BCUT2D eigenvalue weighted by molar-refractivity contribution is -0.385. The molecule has 2 N–H and O–H groups in total. The quantitative estimate of drug-likeness (QED) is 0.415. The van der Waals surface area contributed by atoms with Crippen LogP contribution < -0.4 is 10.0 Å². The van der Waals surface area contributed by atoms with Crippen LogP contribution in [0.3, 0.4) is 0 Å². The fourth-order valence-electron chi connectivity index (χ4n) is 3.56. The third kappa shape index (κ3) is 4.62. The van der Waals surface area contributed by atoms with E-state index in [-0.39, 0.29) is 28.4 Å². The van der Waals surface area contributed by atoms with Gasteiger partial charge < -0.3 is 9.88 Å². The summed E-state index contributed by atoms with van der Waals surface area (Å²) in [4.78, 5) is 27.3. The van der Waals surface area contributed by atoms with Crippen LogP contribution in [0.4, 0.5) is 11.4 Å². The lowest BCUT2D eigenvalue weighted by atomic mass is 10.1. The summed E-state index contributed by atoms with van der Waals surface area (Å²) in [5.41, 5.74) is 0.595. The van der Waals surface area contributed by atoms with E-state index in [0.29, 0.717) is 0 Å². The Kier molecular flexibility index (Phi) is 5.91. The van der Waals surface area contributed by atoms with Crippen LogP contribution in [0.2, 0.25) is 0 Å². The van der Waals surface area contributed by atoms with Gasteiger partial charge in [-0.2, -0.15) is 0 Å². The third-order valence-electron chi connectivity index (χ3n) is 5.14. The van der Waals surface area contributed by atoms with Crippen molar-refractivity contribution in [1.29, 1.82) is 0 Å². The molecule has 2 heterocycles. The van der Waals surface area contributed by atoms with Gasteiger partial charge in [0.2, 0.25) is 0 Å². The van der Waals surface area contributed by atoms with Gasteiger partial charge in [0.25, 0.3) is 21.6 Å². The number of amides is 1. The van der Waals surface area contributed by atoms with Gasteiger partial charge in [0, 0.05) is 31.3 Å². The van der Waals surface area contributed by atoms with Gasteiger partial charge >= 0.3 is 0 Å². The minimum Gasteiger partial charge on any atom is -0.346 e. The molecule has 10 nitrogen and oxygen atoms in total. The number of non-ortho nitro benzene ring substituents is 1. The number of benzene rings is 2. The maximum absolute atomic E-state index is 12.8. The molecular formula is C21H21N5O5S. The maximum atomic E-state index is 12.8. The van der Waals surface area contributed by atoms with Crippen LogP contribution in [0.1, 0.15) is 34.7 Å². The number of nitro benzene ring substituents is 1. The number of hydrogen-bond acceptors (Lipinski definition) is 6. The first-order valence-electron chi connectivity index (χ1n) is 10.0. The van der Waals surface area contributed by atoms with Crippen molar-refractivity contribution in [2.24, 2.45) is 0 Å². The smallest absolute Gasteiger partial charge is 0.270 e. The Morgan fingerprint density at radius 3 is 2.75 bits per heavy atom. The van der Waals surface area contributed by atoms with Crippen LogP contribution in [0.5, 0.6) is 0 Å². The molecule has 0 radical (unpaired) electrons. The third-order valence-corrected chi connectivity index (χ3v) is 6.51. The second kappa shape index (κ2) is 8.79. The lowest BCUT2D eigenvalue weighted by Crippen LogP contribution is -2.25. The van der Waals surface area contributed by atoms with Crippen LogP contribution >= 0.6 is 0 Å². The van der Waals surface area contributed by atoms with Gasteiger partial charge in [-0.1, -0.05) is 18.2 Å². The van der Waals surface area contributed by atoms with E-state index < -0.39 is 20.9 Å². The van der Waals surface area contributed by atoms with Crippen molar-refractivity contribution in [1.82, 2.24) is 14.9 Å². The summed E-state index contributed by atoms with van der Waals surface area (Å²) in [6.07, 6.45) is 5.04. The lowest BCUT2D eigenvalue weighted by Gasteiger charge is -2.12. The molecule has 0 spiro atoms. The molecule has 0 unspecified atom stereocenters. The molecule has 0 saturated heterocycles. The molecule has 166 valence electrons. The van der Waals surface area contributed by atoms with Crippen molar-refractivity contribution in [2.75, 3.05) is 4.72 Å². The Bertz CT molecular complexity index is 1260. The Hall–Kier alpha value is -3.73. The normalized spacial score (nSPS) is 13.2. The molecule has 3 aromatic rings. The van der Waals surface area contributed by atoms with Crippen LogP contribution in [0.25, 0.3) is 0 Å². The fourth-order valence-corrected chi connectivity index (χ4v) is 4.68. The molecule has 0 bridgehead atoms. The molecule has 1 amide bonds. The summed E-state index contributed by atoms with van der Waals surface area (Å²) < 4.78 is 30.0. The van der Waals surface area contributed by atoms with Gasteiger partial charge in [0.1, 0.15) is 5.82 Å². The molecule has 1 aliphatic heterocycles. The van der Waals surface area contributed by atoms with Crippen molar-refractivity contribution in [3.8, 4) is 0 Å². The average molecular weight is 455 g/mol. The molecule has 0 fully saturated rings. The number of nitrogens with one attached hydrogen (secondary N) is 2. The average Bonchev–Trinajstić information content (AvgIpc) is 3.21. The predicted octanol–water partition coefficient (Wildman–Crippen LogP) is 2.86. The van der Waals surface area contributed by atoms with Crippen molar-refractivity contribution < 1.29 is 18.1 Å². The summed E-state index contributed by atoms with van der Waals surface area (Å²) in [5, 5.41) is 13.7. The number of aromatic nitrogens is 2. The summed E-state index contributed by atoms with van der Waals surface area (Å²) in [7, 11) is -4.14. The van der Waals surface area contributed by atoms with E-state index in [1.807, 2.05) is 6.20 Å². The first-order chi connectivity index (χ1) is 15.3. The van der Waals surface area contributed by atoms with Crippen molar-refractivity contribution in [3.63, 3.8) is 0 Å². The highest BCUT2D eigenvalue weighted by atomic mass is 32.2. The Labute approximate surface area is 184 Å². The van der Waals surface area contributed by atoms with Crippen LogP contribution in [0.15, 0.2) is 59.6 Å². The minimum absolute atomic E-state index is 0.0700. The zero-order valence-electron chi connectivity index (χ0n) is 17.0. The number of nitrogens with zero attached hydrogens (tertiary/aromatic N) is 3. The van der Waals surface area contributed by atoms with Gasteiger partial charge in [-0.25, -0.2) is 13.4 Å².